The second-order valence-corrected chi connectivity index (χ2v) is 18.7. The first kappa shape index (κ1) is 40.7. The Morgan fingerprint density at radius 3 is 2.65 bits per heavy atom. The number of anilines is 1. The minimum Gasteiger partial charge on any atom is -0.490 e. The fourth-order valence-corrected chi connectivity index (χ4v) is 11.1. The number of fused-ring (bicyclic) bond motifs is 5. The van der Waals surface area contributed by atoms with Gasteiger partial charge in [0.05, 0.1) is 17.5 Å². The largest absolute Gasteiger partial charge is 0.490 e. The Balaban J connectivity index is 0.000000432. The van der Waals surface area contributed by atoms with E-state index in [0.29, 0.717) is 36.9 Å². The van der Waals surface area contributed by atoms with Crippen LogP contribution in [0.25, 0.3) is 0 Å². The third kappa shape index (κ3) is 7.99. The molecule has 12 heteroatoms. The lowest BCUT2D eigenvalue weighted by atomic mass is 9.64. The van der Waals surface area contributed by atoms with Gasteiger partial charge in [-0.2, -0.15) is 0 Å². The van der Waals surface area contributed by atoms with Gasteiger partial charge in [-0.3, -0.25) is 14.5 Å². The Morgan fingerprint density at radius 2 is 1.91 bits per heavy atom. The number of carbonyl (C=O) groups excluding carboxylic acids is 2. The van der Waals surface area contributed by atoms with Gasteiger partial charge in [0.25, 0.3) is 5.91 Å². The molecule has 1 saturated carbocycles. The molecule has 1 unspecified atom stereocenters. The van der Waals surface area contributed by atoms with E-state index in [2.05, 4.69) is 32.0 Å². The summed E-state index contributed by atoms with van der Waals surface area (Å²) in [5.41, 5.74) is 2.05. The molecule has 0 radical (unpaired) electrons. The molecule has 1 spiro atoms. The van der Waals surface area contributed by atoms with Gasteiger partial charge in [-0.25, -0.2) is 13.1 Å². The molecule has 4 heterocycles. The molecule has 2 saturated heterocycles. The van der Waals surface area contributed by atoms with Crippen LogP contribution in [0.1, 0.15) is 87.7 Å². The maximum absolute atomic E-state index is 13.4. The van der Waals surface area contributed by atoms with Crippen LogP contribution >= 0.6 is 11.6 Å². The molecule has 1 amide bonds. The van der Waals surface area contributed by atoms with Crippen LogP contribution in [-0.4, -0.2) is 95.4 Å². The van der Waals surface area contributed by atoms with Crippen molar-refractivity contribution in [2.75, 3.05) is 57.9 Å². The third-order valence-corrected chi connectivity index (χ3v) is 15.3. The van der Waals surface area contributed by atoms with Crippen LogP contribution in [-0.2, 0) is 31.4 Å². The van der Waals surface area contributed by atoms with Gasteiger partial charge in [-0.1, -0.05) is 38.1 Å². The highest BCUT2D eigenvalue weighted by molar-refractivity contribution is 7.90. The normalized spacial score (nSPS) is 33.7. The molecule has 0 aromatic heterocycles. The van der Waals surface area contributed by atoms with Gasteiger partial charge in [-0.15, -0.1) is 0 Å². The van der Waals surface area contributed by atoms with E-state index in [4.69, 9.17) is 21.1 Å². The number of amides is 1. The highest BCUT2D eigenvalue weighted by Crippen LogP contribution is 2.48. The standard InChI is InChI=1S/C34H41ClN2O6S.C7H14N2.CH4/c1-22-6-4-15-34(20-38,42-3)29-11-8-26(29)18-37-19-33(14-5-7-24-16-27(35)10-12-28(24)33)21-43-31-13-9-25(17-30(31)37)32(39)36-44(40,41)23(22)2;1-2-7-6-8-3-5-9(7)4-1;/h4,9-10,12-13,15-17,20,22-23,26,29H,5-8,11,14,18-19,21H2,1-3H3,(H,36,39);7-8H,1-6H2;1H4/b15-4+;;/t22-,23+,26-,29+,33-,34-;;/m0../s1. The number of hydrogen-bond donors (Lipinski definition) is 2. The SMILES string of the molecule is C.C1CC2CNCCN2C1.CO[C@]1(C=O)/C=C/C[C@H](C)[C@@H](C)S(=O)(=O)NC(=O)c2ccc3c(c2)N(C[C@@H]2CC[C@H]21)C[C@@]1(CCCc2cc(Cl)ccc21)CO3. The predicted octanol–water partition coefficient (Wildman–Crippen LogP) is 6.16. The van der Waals surface area contributed by atoms with Crippen LogP contribution in [0.4, 0.5) is 5.69 Å². The molecule has 4 aliphatic heterocycles. The molecule has 2 bridgehead atoms. The van der Waals surface area contributed by atoms with E-state index in [1.165, 1.54) is 50.1 Å². The van der Waals surface area contributed by atoms with Crippen LogP contribution in [0.2, 0.25) is 5.02 Å². The number of rotatable bonds is 2. The van der Waals surface area contributed by atoms with Gasteiger partial charge in [-0.05, 0) is 124 Å². The molecule has 10 nitrogen and oxygen atoms in total. The number of halogens is 1. The average Bonchev–Trinajstić information content (AvgIpc) is 3.57. The summed E-state index contributed by atoms with van der Waals surface area (Å²) < 4.78 is 41.3. The summed E-state index contributed by atoms with van der Waals surface area (Å²) in [5, 5.41) is 3.29. The highest BCUT2D eigenvalue weighted by atomic mass is 35.5. The van der Waals surface area contributed by atoms with Crippen molar-refractivity contribution in [1.82, 2.24) is 14.9 Å². The zero-order valence-electron chi connectivity index (χ0n) is 31.3. The minimum atomic E-state index is -3.97. The van der Waals surface area contributed by atoms with Crippen molar-refractivity contribution < 1.29 is 27.5 Å². The number of sulfonamides is 1. The number of carbonyl (C=O) groups is 2. The molecular formula is C42H59ClN4O6S. The molecule has 3 fully saturated rings. The van der Waals surface area contributed by atoms with Crippen LogP contribution in [0.15, 0.2) is 48.6 Å². The summed E-state index contributed by atoms with van der Waals surface area (Å²) in [7, 11) is -2.41. The molecule has 2 aliphatic carbocycles. The van der Waals surface area contributed by atoms with Crippen LogP contribution in [0.5, 0.6) is 5.75 Å². The first-order valence-electron chi connectivity index (χ1n) is 19.5. The topological polar surface area (TPSA) is 117 Å². The molecule has 2 aromatic carbocycles. The fraction of sp³-hybridized carbons (Fsp3) is 0.619. The summed E-state index contributed by atoms with van der Waals surface area (Å²) in [6, 6.07) is 12.2. The molecular weight excluding hydrogens is 724 g/mol. The quantitative estimate of drug-likeness (QED) is 0.273. The molecule has 6 aliphatic rings. The lowest BCUT2D eigenvalue weighted by Crippen LogP contribution is -2.53. The Hall–Kier alpha value is -2.96. The second kappa shape index (κ2) is 16.6. The van der Waals surface area contributed by atoms with Crippen molar-refractivity contribution in [3.63, 3.8) is 0 Å². The minimum absolute atomic E-state index is 0. The predicted molar refractivity (Wildman–Crippen MR) is 215 cm³/mol. The Morgan fingerprint density at radius 1 is 1.07 bits per heavy atom. The number of methoxy groups -OCH3 is 1. The van der Waals surface area contributed by atoms with Crippen LogP contribution in [0.3, 0.4) is 0 Å². The lowest BCUT2D eigenvalue weighted by molar-refractivity contribution is -0.135. The van der Waals surface area contributed by atoms with E-state index in [9.17, 15) is 18.0 Å². The monoisotopic (exact) mass is 782 g/mol. The number of ether oxygens (including phenoxy) is 2. The number of nitrogens with zero attached hydrogens (tertiary/aromatic N) is 2. The van der Waals surface area contributed by atoms with E-state index in [1.807, 2.05) is 25.1 Å². The van der Waals surface area contributed by atoms with E-state index in [0.717, 1.165) is 50.1 Å². The number of hydrogen-bond acceptors (Lipinski definition) is 9. The summed E-state index contributed by atoms with van der Waals surface area (Å²) in [6.45, 7) is 10.3. The van der Waals surface area contributed by atoms with Crippen molar-refractivity contribution in [3.8, 4) is 5.75 Å². The van der Waals surface area contributed by atoms with Gasteiger partial charge in [0, 0.05) is 67.8 Å². The number of benzene rings is 2. The van der Waals surface area contributed by atoms with Crippen LogP contribution in [0, 0.1) is 17.8 Å². The van der Waals surface area contributed by atoms with Crippen molar-refractivity contribution in [2.24, 2.45) is 17.8 Å². The fourth-order valence-electron chi connectivity index (χ4n) is 9.60. The summed E-state index contributed by atoms with van der Waals surface area (Å²) >= 11 is 6.40. The van der Waals surface area contributed by atoms with Gasteiger partial charge in [0.1, 0.15) is 11.4 Å². The van der Waals surface area contributed by atoms with Gasteiger partial charge < -0.3 is 19.7 Å². The van der Waals surface area contributed by atoms with E-state index < -0.39 is 26.8 Å². The number of piperazine rings is 1. The number of aryl methyl sites for hydroxylation is 1. The van der Waals surface area contributed by atoms with Gasteiger partial charge in [0.15, 0.2) is 6.29 Å². The molecule has 54 heavy (non-hydrogen) atoms. The zero-order valence-corrected chi connectivity index (χ0v) is 32.9. The molecule has 2 aromatic rings. The smallest absolute Gasteiger partial charge is 0.264 e. The number of allylic oxidation sites excluding steroid dienone is 1. The van der Waals surface area contributed by atoms with E-state index >= 15 is 0 Å². The second-order valence-electron chi connectivity index (χ2n) is 16.2. The third-order valence-electron chi connectivity index (χ3n) is 13.2. The maximum Gasteiger partial charge on any atom is 0.264 e. The summed E-state index contributed by atoms with van der Waals surface area (Å²) in [4.78, 5) is 31.0. The Labute approximate surface area is 327 Å². The molecule has 8 rings (SSSR count). The zero-order chi connectivity index (χ0) is 37.4. The average molecular weight is 783 g/mol. The highest BCUT2D eigenvalue weighted by Gasteiger charge is 2.49. The summed E-state index contributed by atoms with van der Waals surface area (Å²) in [6.07, 6.45) is 12.5. The maximum atomic E-state index is 13.4. The number of aldehydes is 1. The van der Waals surface area contributed by atoms with Gasteiger partial charge in [0.2, 0.25) is 10.0 Å². The molecule has 7 atom stereocenters. The number of nitrogens with one attached hydrogen (secondary N) is 2. The first-order valence-corrected chi connectivity index (χ1v) is 21.4. The summed E-state index contributed by atoms with van der Waals surface area (Å²) in [5.74, 6) is -0.203. The van der Waals surface area contributed by atoms with E-state index in [-0.39, 0.29) is 36.2 Å². The first-order chi connectivity index (χ1) is 25.5. The Kier molecular flexibility index (Phi) is 12.5. The molecule has 296 valence electrons. The van der Waals surface area contributed by atoms with Crippen molar-refractivity contribution in [1.29, 1.82) is 0 Å². The van der Waals surface area contributed by atoms with E-state index in [1.54, 1.807) is 32.2 Å². The Bertz CT molecular complexity index is 1810. The van der Waals surface area contributed by atoms with Gasteiger partial charge >= 0.3 is 0 Å². The van der Waals surface area contributed by atoms with Crippen LogP contribution < -0.4 is 19.7 Å². The van der Waals surface area contributed by atoms with Crippen molar-refractivity contribution in [3.05, 3.63) is 70.3 Å². The van der Waals surface area contributed by atoms with Crippen molar-refractivity contribution >= 4 is 39.5 Å². The molecule has 2 N–H and O–H groups in total. The lowest BCUT2D eigenvalue weighted by Gasteiger charge is -2.48. The van der Waals surface area contributed by atoms with Crippen molar-refractivity contribution in [2.45, 2.75) is 94.9 Å².